The van der Waals surface area contributed by atoms with Crippen LogP contribution >= 0.6 is 27.3 Å². The summed E-state index contributed by atoms with van der Waals surface area (Å²) < 4.78 is 143. The van der Waals surface area contributed by atoms with Crippen LogP contribution in [0.15, 0.2) is 389 Å². The number of carbonyl (C=O) groups excluding carboxylic acids is 3. The second kappa shape index (κ2) is 47.4. The van der Waals surface area contributed by atoms with Gasteiger partial charge in [0.25, 0.3) is 36.7 Å². The molecule has 4 N–H and O–H groups in total. The second-order valence-corrected chi connectivity index (χ2v) is 38.9. The summed E-state index contributed by atoms with van der Waals surface area (Å²) in [6.07, 6.45) is 25.8. The van der Waals surface area contributed by atoms with Gasteiger partial charge in [-0.15, -0.1) is 11.3 Å². The van der Waals surface area contributed by atoms with Crippen LogP contribution in [0.25, 0.3) is 88.0 Å². The third kappa shape index (κ3) is 24.6. The molecule has 0 atom stereocenters. The van der Waals surface area contributed by atoms with Crippen molar-refractivity contribution in [2.24, 2.45) is 0 Å². The molecule has 0 fully saturated rings. The number of carbonyl (C=O) groups is 3. The van der Waals surface area contributed by atoms with Crippen molar-refractivity contribution in [3.05, 3.63) is 480 Å². The molecule has 25 nitrogen and oxygen atoms in total. The van der Waals surface area contributed by atoms with E-state index in [2.05, 4.69) is 56.9 Å². The molecule has 0 saturated carbocycles. The van der Waals surface area contributed by atoms with Crippen molar-refractivity contribution in [1.29, 1.82) is 0 Å². The van der Waals surface area contributed by atoms with Gasteiger partial charge in [-0.05, 0) is 220 Å². The molecule has 0 aliphatic heterocycles. The Kier molecular flexibility index (Phi) is 33.8. The van der Waals surface area contributed by atoms with E-state index in [1.165, 1.54) is 118 Å². The lowest BCUT2D eigenvalue weighted by atomic mass is 9.82. The first-order valence-electron chi connectivity index (χ1n) is 45.1. The number of hydrogen-bond donors (Lipinski definition) is 4. The van der Waals surface area contributed by atoms with Gasteiger partial charge < -0.3 is 33.8 Å². The molecule has 0 saturated heterocycles. The number of H-pyrrole nitrogens is 1. The van der Waals surface area contributed by atoms with E-state index in [-0.39, 0.29) is 101 Å². The van der Waals surface area contributed by atoms with Gasteiger partial charge >= 0.3 is 7.12 Å². The lowest BCUT2D eigenvalue weighted by molar-refractivity contribution is 0.0973. The molecule has 13 aromatic heterocycles. The summed E-state index contributed by atoms with van der Waals surface area (Å²) in [6.45, 7) is -0.00463. The second-order valence-electron chi connectivity index (χ2n) is 33.1. The Balaban J connectivity index is 0.000000157. The van der Waals surface area contributed by atoms with Gasteiger partial charge in [-0.1, -0.05) is 129 Å². The number of Topliss-reactive ketones (excluding diaryl/α,β-unsaturated/α-hetero) is 3. The maximum absolute atomic E-state index is 13.8. The van der Waals surface area contributed by atoms with E-state index in [0.717, 1.165) is 114 Å². The number of aromatic nitrogens is 12. The van der Waals surface area contributed by atoms with Gasteiger partial charge in [0.15, 0.2) is 63.5 Å². The predicted molar refractivity (Wildman–Crippen MR) is 557 cm³/mol. The molecule has 0 bridgehead atoms. The smallest absolute Gasteiger partial charge is 0.423 e. The van der Waals surface area contributed by atoms with Gasteiger partial charge in [-0.3, -0.25) is 43.7 Å². The van der Waals surface area contributed by atoms with Crippen LogP contribution < -0.4 is 22.1 Å². The molecule has 147 heavy (non-hydrogen) atoms. The quantitative estimate of drug-likeness (QED) is 0.0201. The number of aryl methyl sites for hydroxylation is 3. The van der Waals surface area contributed by atoms with Gasteiger partial charge in [-0.25, -0.2) is 66.1 Å². The molecule has 0 amide bonds. The fourth-order valence-corrected chi connectivity index (χ4v) is 20.3. The van der Waals surface area contributed by atoms with E-state index in [9.17, 15) is 71.9 Å². The van der Waals surface area contributed by atoms with Crippen LogP contribution in [0.1, 0.15) is 90.5 Å². The summed E-state index contributed by atoms with van der Waals surface area (Å²) in [5.74, 6) is -6.91. The summed E-state index contributed by atoms with van der Waals surface area (Å²) >= 11 is 4.86. The summed E-state index contributed by atoms with van der Waals surface area (Å²) in [6, 6.07) is 71.5. The molecule has 20 rings (SSSR count). The molecule has 740 valence electrons. The number of ketones is 3. The topological polar surface area (TPSA) is 349 Å². The third-order valence-electron chi connectivity index (χ3n) is 23.5. The van der Waals surface area contributed by atoms with Crippen LogP contribution in [-0.2, 0) is 58.9 Å². The highest BCUT2D eigenvalue weighted by molar-refractivity contribution is 9.10. The maximum Gasteiger partial charge on any atom is 0.490 e. The van der Waals surface area contributed by atoms with Crippen molar-refractivity contribution in [3.8, 4) is 54.9 Å². The van der Waals surface area contributed by atoms with Crippen LogP contribution in [0.3, 0.4) is 0 Å². The van der Waals surface area contributed by atoms with E-state index in [1.807, 2.05) is 109 Å². The highest BCUT2D eigenvalue weighted by atomic mass is 79.9. The van der Waals surface area contributed by atoms with Crippen molar-refractivity contribution >= 4 is 110 Å². The van der Waals surface area contributed by atoms with Gasteiger partial charge in [-0.2, -0.15) is 0 Å². The Hall–Kier alpha value is -16.5. The van der Waals surface area contributed by atoms with Crippen molar-refractivity contribution in [2.75, 3.05) is 7.11 Å². The van der Waals surface area contributed by atoms with E-state index in [4.69, 9.17) is 15.2 Å². The lowest BCUT2D eigenvalue weighted by Crippen LogP contribution is -2.29. The lowest BCUT2D eigenvalue weighted by Gasteiger charge is -2.09. The molecule has 0 spiro atoms. The standard InChI is InChI=1S/C37H26F2N4O4S2.C34H24BrF2N3O4S.C33H24F2N4O2.C5H6BNO2.CH4O.CH4/c38-32-13-10-24(18-33(32)39)22-42-17-5-9-29(37(42)45)34(44)14-11-27-12-15-35(48-27)31-23-43(49(46,47)28-7-2-1-3-8-28)36-30(31)19-26(21-41-36)25-6-4-16-40-20-25;35-25-18-28-29(21-40(33(28)38-19-25)45(43,44)26-8-2-1-3-9-26)24-7-4-6-22(16-24)12-14-32(41)27-10-5-15-39(34(27)42)20-23-11-13-30(36)31(37)17-23;34-29-10-8-22(15-30(29)35)20-39-13-3-7-26(33(39)41)31(40)11-9-21-4-1-5-23(14-21)28-19-38-32-27(28)16-25(18-37-32)24-6-2-12-36-17-24;8-6(9)5-2-1-3-7-4-5;1-2;/h1-10,12-13,15-21,23H,11,14,22H2;1-11,13,15-19,21H,12,14,20H2;1-8,10,12-19H,9,11,20H2,(H,37,38);1-4,8-9H;2H,1H3;1H4. The average Bonchev–Trinajstić information content (AvgIpc) is 1.63. The van der Waals surface area contributed by atoms with Gasteiger partial charge in [0.05, 0.1) is 46.1 Å². The van der Waals surface area contributed by atoms with Crippen LogP contribution in [0.2, 0.25) is 0 Å². The van der Waals surface area contributed by atoms with Gasteiger partial charge in [0, 0.05) is 194 Å². The van der Waals surface area contributed by atoms with Crippen LogP contribution in [0.5, 0.6) is 0 Å². The summed E-state index contributed by atoms with van der Waals surface area (Å²) in [7, 11) is -8.31. The number of pyridine rings is 9. The maximum atomic E-state index is 13.8. The van der Waals surface area contributed by atoms with Crippen LogP contribution in [0.4, 0.5) is 26.3 Å². The van der Waals surface area contributed by atoms with E-state index in [0.29, 0.717) is 67.8 Å². The highest BCUT2D eigenvalue weighted by Crippen LogP contribution is 2.40. The number of fused-ring (bicyclic) bond motifs is 3. The number of nitrogens with one attached hydrogen (secondary N) is 1. The first-order valence-corrected chi connectivity index (χ1v) is 49.6. The number of aromatic amines is 1. The Morgan fingerprint density at radius 1 is 0.388 bits per heavy atom. The Bertz CT molecular complexity index is 8670. The number of thiophene rings is 1. The Morgan fingerprint density at radius 2 is 0.803 bits per heavy atom. The minimum Gasteiger partial charge on any atom is -0.423 e. The average molecular weight is 2100 g/mol. The number of benzene rings is 7. The van der Waals surface area contributed by atoms with Crippen molar-refractivity contribution in [3.63, 3.8) is 0 Å². The zero-order valence-corrected chi connectivity index (χ0v) is 81.3. The third-order valence-corrected chi connectivity index (χ3v) is 28.5. The molecule has 0 radical (unpaired) electrons. The minimum absolute atomic E-state index is 0. The summed E-state index contributed by atoms with van der Waals surface area (Å²) in [5.41, 5.74) is 10.9. The monoisotopic (exact) mass is 2100 g/mol. The first kappa shape index (κ1) is 105. The number of hydrogen-bond acceptors (Lipinski definition) is 20. The number of rotatable bonds is 28. The number of aliphatic hydroxyl groups excluding tert-OH is 1. The molecule has 13 heterocycles. The van der Waals surface area contributed by atoms with Crippen molar-refractivity contribution in [2.45, 2.75) is 75.4 Å². The zero-order valence-electron chi connectivity index (χ0n) is 77.2. The number of halogens is 7. The molecule has 0 aliphatic rings. The molecule has 0 unspecified atom stereocenters. The van der Waals surface area contributed by atoms with E-state index in [1.54, 1.807) is 123 Å². The largest absolute Gasteiger partial charge is 0.490 e. The Morgan fingerprint density at radius 3 is 1.24 bits per heavy atom. The Labute approximate surface area is 850 Å². The van der Waals surface area contributed by atoms with Gasteiger partial charge in [0.1, 0.15) is 5.65 Å². The molecular weight excluding hydrogens is 2010 g/mol. The van der Waals surface area contributed by atoms with E-state index < -0.39 is 78.7 Å². The zero-order chi connectivity index (χ0) is 103. The summed E-state index contributed by atoms with van der Waals surface area (Å²) in [4.78, 5) is 109. The van der Waals surface area contributed by atoms with Crippen LogP contribution in [0, 0.1) is 34.9 Å². The molecular formula is C111H88BBrF6N12O13S3. The molecule has 7 aromatic carbocycles. The first-order chi connectivity index (χ1) is 70.6. The van der Waals surface area contributed by atoms with Crippen LogP contribution in [-0.4, -0.2) is 120 Å². The predicted octanol–water partition coefficient (Wildman–Crippen LogP) is 20.0. The highest BCUT2D eigenvalue weighted by Gasteiger charge is 2.28. The fourth-order valence-electron chi connectivity index (χ4n) is 16.2. The van der Waals surface area contributed by atoms with E-state index >= 15 is 0 Å². The SMILES string of the molecule is C.CO.O=C(CCc1ccc(-c2cn(S(=O)(=O)c3ccccc3)c3ncc(-c4cccnc4)cc23)s1)c1cccn(Cc2ccc(F)c(F)c2)c1=O.O=C(CCc1cccc(-c2c[nH]c3ncc(-c4cccnc4)cc23)c1)c1cccn(Cc2ccc(F)c(F)c2)c1=O.O=C(CCc1cccc(-c2cn(S(=O)(=O)c3ccccc3)c3ncc(Br)cc23)c1)c1cccn(Cc2ccc(F)c(F)c2)c1=O.OB(O)c1cccnc1. The van der Waals surface area contributed by atoms with Crippen molar-refractivity contribution in [1.82, 2.24) is 56.5 Å². The number of nitrogens with zero attached hydrogens (tertiary/aromatic N) is 11. The molecule has 0 aliphatic carbocycles. The molecule has 36 heteroatoms. The fraction of sp³-hybridized carbons (Fsp3) is 0.0991. The normalized spacial score (nSPS) is 11.1. The summed E-state index contributed by atoms with van der Waals surface area (Å²) in [5, 5.41) is 26.3. The van der Waals surface area contributed by atoms with Gasteiger partial charge in [0.2, 0.25) is 0 Å². The molecule has 20 aromatic rings. The minimum atomic E-state index is -3.97. The number of aliphatic hydroxyl groups is 1. The van der Waals surface area contributed by atoms with Crippen molar-refractivity contribution < 1.29 is 72.7 Å².